The first-order valence-electron chi connectivity index (χ1n) is 9.79. The number of imidazole rings is 1. The van der Waals surface area contributed by atoms with Gasteiger partial charge in [0.05, 0.1) is 11.9 Å². The fourth-order valence-electron chi connectivity index (χ4n) is 3.51. The van der Waals surface area contributed by atoms with Crippen molar-refractivity contribution in [1.29, 1.82) is 0 Å². The molecule has 1 fully saturated rings. The largest absolute Gasteiger partial charge is 0.368 e. The summed E-state index contributed by atoms with van der Waals surface area (Å²) in [5.41, 5.74) is 4.63. The molecule has 146 valence electrons. The van der Waals surface area contributed by atoms with Crippen LogP contribution >= 0.6 is 0 Å². The van der Waals surface area contributed by atoms with Crippen LogP contribution in [0.3, 0.4) is 0 Å². The third kappa shape index (κ3) is 3.59. The quantitative estimate of drug-likeness (QED) is 0.688. The van der Waals surface area contributed by atoms with Crippen molar-refractivity contribution in [3.8, 4) is 0 Å². The van der Waals surface area contributed by atoms with Gasteiger partial charge < -0.3 is 9.80 Å². The Morgan fingerprint density at radius 1 is 1.04 bits per heavy atom. The highest BCUT2D eigenvalue weighted by atomic mass is 16.2. The Bertz CT molecular complexity index is 1010. The van der Waals surface area contributed by atoms with Gasteiger partial charge in [-0.2, -0.15) is 5.10 Å². The van der Waals surface area contributed by atoms with Crippen LogP contribution in [0.1, 0.15) is 42.5 Å². The zero-order valence-electron chi connectivity index (χ0n) is 17.0. The van der Waals surface area contributed by atoms with Crippen molar-refractivity contribution in [3.05, 3.63) is 59.5 Å². The fourth-order valence-corrected chi connectivity index (χ4v) is 3.51. The lowest BCUT2D eigenvalue weighted by Gasteiger charge is -2.36. The summed E-state index contributed by atoms with van der Waals surface area (Å²) in [4.78, 5) is 21.8. The smallest absolute Gasteiger partial charge is 0.274 e. The molecule has 28 heavy (non-hydrogen) atoms. The van der Waals surface area contributed by atoms with E-state index in [-0.39, 0.29) is 11.3 Å². The van der Waals surface area contributed by atoms with Crippen LogP contribution in [0.2, 0.25) is 0 Å². The normalized spacial score (nSPS) is 15.3. The lowest BCUT2D eigenvalue weighted by atomic mass is 9.93. The first-order valence-corrected chi connectivity index (χ1v) is 9.79. The van der Waals surface area contributed by atoms with Crippen LogP contribution < -0.4 is 4.90 Å². The molecule has 0 atom stereocenters. The van der Waals surface area contributed by atoms with Crippen molar-refractivity contribution in [2.45, 2.75) is 33.1 Å². The molecule has 1 aliphatic rings. The van der Waals surface area contributed by atoms with Crippen molar-refractivity contribution in [2.75, 3.05) is 31.1 Å². The number of anilines is 1. The molecule has 1 aromatic carbocycles. The Morgan fingerprint density at radius 2 is 1.79 bits per heavy atom. The van der Waals surface area contributed by atoms with Crippen molar-refractivity contribution < 1.29 is 4.79 Å². The Labute approximate surface area is 165 Å². The summed E-state index contributed by atoms with van der Waals surface area (Å²) in [6.45, 7) is 11.5. The van der Waals surface area contributed by atoms with Crippen molar-refractivity contribution in [2.24, 2.45) is 0 Å². The molecule has 0 spiro atoms. The number of benzene rings is 1. The van der Waals surface area contributed by atoms with Gasteiger partial charge in [-0.1, -0.05) is 32.9 Å². The van der Waals surface area contributed by atoms with E-state index in [1.165, 1.54) is 11.3 Å². The molecular formula is C22H27N5O. The summed E-state index contributed by atoms with van der Waals surface area (Å²) in [6, 6.07) is 12.2. The first kappa shape index (κ1) is 18.5. The highest BCUT2D eigenvalue weighted by Gasteiger charge is 2.24. The molecule has 0 unspecified atom stereocenters. The van der Waals surface area contributed by atoms with Crippen LogP contribution in [0.4, 0.5) is 5.69 Å². The minimum absolute atomic E-state index is 0.0169. The van der Waals surface area contributed by atoms with Gasteiger partial charge in [0.2, 0.25) is 0 Å². The Balaban J connectivity index is 1.48. The third-order valence-electron chi connectivity index (χ3n) is 5.24. The summed E-state index contributed by atoms with van der Waals surface area (Å²) in [5.74, 6) is -0.0169. The second kappa shape index (κ2) is 6.93. The van der Waals surface area contributed by atoms with Gasteiger partial charge in [0.15, 0.2) is 5.65 Å². The van der Waals surface area contributed by atoms with Crippen LogP contribution in [-0.2, 0) is 5.41 Å². The van der Waals surface area contributed by atoms with Gasteiger partial charge in [0.25, 0.3) is 5.91 Å². The molecule has 3 aromatic rings. The topological polar surface area (TPSA) is 53.7 Å². The highest BCUT2D eigenvalue weighted by Crippen LogP contribution is 2.22. The van der Waals surface area contributed by atoms with Crippen LogP contribution in [0.15, 0.2) is 42.6 Å². The number of aromatic nitrogens is 3. The van der Waals surface area contributed by atoms with Gasteiger partial charge in [-0.05, 0) is 36.8 Å². The number of nitrogens with zero attached hydrogens (tertiary/aromatic N) is 5. The van der Waals surface area contributed by atoms with Crippen molar-refractivity contribution >= 4 is 17.2 Å². The second-order valence-electron chi connectivity index (χ2n) is 8.52. The van der Waals surface area contributed by atoms with Gasteiger partial charge in [-0.15, -0.1) is 0 Å². The summed E-state index contributed by atoms with van der Waals surface area (Å²) in [6.07, 6.45) is 1.92. The van der Waals surface area contributed by atoms with Gasteiger partial charge >= 0.3 is 0 Å². The van der Waals surface area contributed by atoms with Gasteiger partial charge in [-0.25, -0.2) is 9.50 Å². The average Bonchev–Trinajstić information content (AvgIpc) is 3.11. The molecule has 6 heteroatoms. The Morgan fingerprint density at radius 3 is 2.46 bits per heavy atom. The number of piperazine rings is 1. The lowest BCUT2D eigenvalue weighted by molar-refractivity contribution is 0.0739. The van der Waals surface area contributed by atoms with E-state index in [1.807, 2.05) is 17.2 Å². The van der Waals surface area contributed by atoms with E-state index in [9.17, 15) is 4.79 Å². The minimum Gasteiger partial charge on any atom is -0.368 e. The number of amides is 1. The van der Waals surface area contributed by atoms with E-state index in [2.05, 4.69) is 66.9 Å². The number of fused-ring (bicyclic) bond motifs is 1. The molecule has 1 saturated heterocycles. The number of carbonyl (C=O) groups is 1. The molecule has 0 saturated carbocycles. The zero-order chi connectivity index (χ0) is 19.9. The monoisotopic (exact) mass is 377 g/mol. The molecule has 0 aliphatic carbocycles. The molecule has 0 bridgehead atoms. The first-order chi connectivity index (χ1) is 13.3. The Kier molecular flexibility index (Phi) is 4.57. The zero-order valence-corrected chi connectivity index (χ0v) is 17.0. The number of aryl methyl sites for hydroxylation is 1. The SMILES string of the molecule is Cc1cccc(N2CCN(C(=O)c3ccc4nc(C(C)(C)C)cn4n3)CC2)c1. The van der Waals surface area contributed by atoms with Gasteiger partial charge in [0, 0.05) is 37.3 Å². The minimum atomic E-state index is -0.0516. The summed E-state index contributed by atoms with van der Waals surface area (Å²) >= 11 is 0. The van der Waals surface area contributed by atoms with E-state index >= 15 is 0 Å². The van der Waals surface area contributed by atoms with Crippen LogP contribution in [0.5, 0.6) is 0 Å². The Hall–Kier alpha value is -2.89. The van der Waals surface area contributed by atoms with Gasteiger partial charge in [-0.3, -0.25) is 4.79 Å². The van der Waals surface area contributed by atoms with E-state index in [4.69, 9.17) is 0 Å². The number of hydrogen-bond donors (Lipinski definition) is 0. The molecule has 2 aromatic heterocycles. The summed E-state index contributed by atoms with van der Waals surface area (Å²) < 4.78 is 1.72. The van der Waals surface area contributed by atoms with E-state index in [1.54, 1.807) is 10.6 Å². The standard InChI is InChI=1S/C22H27N5O/c1-16-6-5-7-17(14-16)25-10-12-26(13-11-25)21(28)18-8-9-20-23-19(22(2,3)4)15-27(20)24-18/h5-9,14-15H,10-13H2,1-4H3. The van der Waals surface area contributed by atoms with E-state index < -0.39 is 0 Å². The second-order valence-corrected chi connectivity index (χ2v) is 8.52. The third-order valence-corrected chi connectivity index (χ3v) is 5.24. The molecule has 4 rings (SSSR count). The predicted molar refractivity (Wildman–Crippen MR) is 111 cm³/mol. The maximum atomic E-state index is 13.0. The number of rotatable bonds is 2. The highest BCUT2D eigenvalue weighted by molar-refractivity contribution is 5.92. The average molecular weight is 377 g/mol. The lowest BCUT2D eigenvalue weighted by Crippen LogP contribution is -2.49. The fraction of sp³-hybridized carbons (Fsp3) is 0.409. The maximum absolute atomic E-state index is 13.0. The van der Waals surface area contributed by atoms with Gasteiger partial charge in [0.1, 0.15) is 5.69 Å². The molecule has 6 nitrogen and oxygen atoms in total. The van der Waals surface area contributed by atoms with Crippen LogP contribution in [-0.4, -0.2) is 51.6 Å². The molecule has 0 radical (unpaired) electrons. The summed E-state index contributed by atoms with van der Waals surface area (Å²) in [5, 5.41) is 4.52. The van der Waals surface area contributed by atoms with E-state index in [0.717, 1.165) is 24.4 Å². The molecule has 3 heterocycles. The van der Waals surface area contributed by atoms with Crippen molar-refractivity contribution in [3.63, 3.8) is 0 Å². The molecule has 1 amide bonds. The molecule has 1 aliphatic heterocycles. The number of hydrogen-bond acceptors (Lipinski definition) is 4. The molecule has 0 N–H and O–H groups in total. The van der Waals surface area contributed by atoms with Crippen molar-refractivity contribution in [1.82, 2.24) is 19.5 Å². The molecular weight excluding hydrogens is 350 g/mol. The maximum Gasteiger partial charge on any atom is 0.274 e. The van der Waals surface area contributed by atoms with Crippen LogP contribution in [0, 0.1) is 6.92 Å². The van der Waals surface area contributed by atoms with Crippen LogP contribution in [0.25, 0.3) is 5.65 Å². The predicted octanol–water partition coefficient (Wildman–Crippen LogP) is 3.30. The number of carbonyl (C=O) groups excluding carboxylic acids is 1. The van der Waals surface area contributed by atoms with E-state index in [0.29, 0.717) is 18.8 Å². The summed E-state index contributed by atoms with van der Waals surface area (Å²) in [7, 11) is 0.